The third-order valence-electron chi connectivity index (χ3n) is 3.32. The molecule has 0 radical (unpaired) electrons. The molecule has 104 valence electrons. The molecule has 3 heteroatoms. The summed E-state index contributed by atoms with van der Waals surface area (Å²) in [5.74, 6) is 0.0217. The molecule has 0 heterocycles. The van der Waals surface area contributed by atoms with E-state index >= 15 is 0 Å². The third kappa shape index (κ3) is 3.60. The van der Waals surface area contributed by atoms with Crippen molar-refractivity contribution in [2.45, 2.75) is 19.8 Å². The summed E-state index contributed by atoms with van der Waals surface area (Å²) in [6.07, 6.45) is 1.84. The molecule has 2 rings (SSSR count). The maximum atomic E-state index is 12.0. The van der Waals surface area contributed by atoms with Crippen LogP contribution in [0.1, 0.15) is 27.9 Å². The molecule has 0 aromatic heterocycles. The number of hydrogen-bond acceptors (Lipinski definition) is 2. The standard InChI is InChI=1S/C17H19NO2/c1-13-15(10-5-11-16(13)19)17(20)18-12-6-9-14-7-3-2-4-8-14/h2-5,7-8,10-11,19H,6,9,12H2,1H3,(H,18,20). The van der Waals surface area contributed by atoms with Gasteiger partial charge in [0.15, 0.2) is 0 Å². The fraction of sp³-hybridized carbons (Fsp3) is 0.235. The number of benzene rings is 2. The Morgan fingerprint density at radius 2 is 1.85 bits per heavy atom. The number of aromatic hydroxyl groups is 1. The van der Waals surface area contributed by atoms with Gasteiger partial charge in [-0.1, -0.05) is 36.4 Å². The van der Waals surface area contributed by atoms with Gasteiger partial charge < -0.3 is 10.4 Å². The Kier molecular flexibility index (Phi) is 4.77. The summed E-state index contributed by atoms with van der Waals surface area (Å²) in [4.78, 5) is 12.0. The second-order valence-corrected chi connectivity index (χ2v) is 4.79. The molecule has 0 saturated heterocycles. The van der Waals surface area contributed by atoms with Gasteiger partial charge in [-0.15, -0.1) is 0 Å². The van der Waals surface area contributed by atoms with E-state index in [1.54, 1.807) is 25.1 Å². The van der Waals surface area contributed by atoms with E-state index in [0.717, 1.165) is 12.8 Å². The number of amides is 1. The van der Waals surface area contributed by atoms with E-state index in [-0.39, 0.29) is 11.7 Å². The van der Waals surface area contributed by atoms with Crippen LogP contribution in [0, 0.1) is 6.92 Å². The van der Waals surface area contributed by atoms with E-state index in [0.29, 0.717) is 17.7 Å². The number of carbonyl (C=O) groups is 1. The first-order valence-electron chi connectivity index (χ1n) is 6.79. The number of rotatable bonds is 5. The molecule has 0 saturated carbocycles. The van der Waals surface area contributed by atoms with Crippen molar-refractivity contribution in [1.82, 2.24) is 5.32 Å². The van der Waals surface area contributed by atoms with Crippen LogP contribution in [0.5, 0.6) is 5.75 Å². The fourth-order valence-electron chi connectivity index (χ4n) is 2.10. The first-order chi connectivity index (χ1) is 9.68. The van der Waals surface area contributed by atoms with Gasteiger partial charge in [0.25, 0.3) is 5.91 Å². The molecule has 0 aliphatic rings. The number of carbonyl (C=O) groups excluding carboxylic acids is 1. The van der Waals surface area contributed by atoms with Crippen molar-refractivity contribution in [3.05, 3.63) is 65.2 Å². The van der Waals surface area contributed by atoms with Gasteiger partial charge in [-0.25, -0.2) is 0 Å². The largest absolute Gasteiger partial charge is 0.508 e. The Bertz CT molecular complexity index is 579. The van der Waals surface area contributed by atoms with Crippen LogP contribution in [0.25, 0.3) is 0 Å². The Morgan fingerprint density at radius 1 is 1.10 bits per heavy atom. The normalized spacial score (nSPS) is 10.2. The lowest BCUT2D eigenvalue weighted by atomic mass is 10.1. The maximum Gasteiger partial charge on any atom is 0.251 e. The molecule has 0 aliphatic carbocycles. The molecule has 0 atom stereocenters. The monoisotopic (exact) mass is 269 g/mol. The van der Waals surface area contributed by atoms with Crippen LogP contribution in [0.4, 0.5) is 0 Å². The van der Waals surface area contributed by atoms with E-state index in [9.17, 15) is 9.90 Å². The minimum Gasteiger partial charge on any atom is -0.508 e. The van der Waals surface area contributed by atoms with Gasteiger partial charge in [-0.3, -0.25) is 4.79 Å². The lowest BCUT2D eigenvalue weighted by Crippen LogP contribution is -2.25. The maximum absolute atomic E-state index is 12.0. The summed E-state index contributed by atoms with van der Waals surface area (Å²) < 4.78 is 0. The molecule has 1 amide bonds. The van der Waals surface area contributed by atoms with Crippen LogP contribution in [0.2, 0.25) is 0 Å². The lowest BCUT2D eigenvalue weighted by molar-refractivity contribution is 0.0952. The van der Waals surface area contributed by atoms with Gasteiger partial charge in [0, 0.05) is 17.7 Å². The van der Waals surface area contributed by atoms with Gasteiger partial charge >= 0.3 is 0 Å². The van der Waals surface area contributed by atoms with Gasteiger partial charge in [-0.05, 0) is 37.5 Å². The molecule has 0 unspecified atom stereocenters. The highest BCUT2D eigenvalue weighted by Gasteiger charge is 2.10. The first-order valence-corrected chi connectivity index (χ1v) is 6.79. The van der Waals surface area contributed by atoms with Crippen LogP contribution < -0.4 is 5.32 Å². The summed E-state index contributed by atoms with van der Waals surface area (Å²) in [6, 6.07) is 15.2. The SMILES string of the molecule is Cc1c(O)cccc1C(=O)NCCCc1ccccc1. The van der Waals surface area contributed by atoms with Crippen LogP contribution in [0.15, 0.2) is 48.5 Å². The number of phenols is 1. The van der Waals surface area contributed by atoms with E-state index in [1.165, 1.54) is 5.56 Å². The molecule has 0 spiro atoms. The van der Waals surface area contributed by atoms with Crippen LogP contribution in [-0.4, -0.2) is 17.6 Å². The lowest BCUT2D eigenvalue weighted by Gasteiger charge is -2.08. The Hall–Kier alpha value is -2.29. The van der Waals surface area contributed by atoms with Crippen molar-refractivity contribution < 1.29 is 9.90 Å². The summed E-state index contributed by atoms with van der Waals surface area (Å²) >= 11 is 0. The number of aryl methyl sites for hydroxylation is 1. The van der Waals surface area contributed by atoms with E-state index in [1.807, 2.05) is 18.2 Å². The van der Waals surface area contributed by atoms with Crippen LogP contribution >= 0.6 is 0 Å². The van der Waals surface area contributed by atoms with Crippen molar-refractivity contribution in [2.75, 3.05) is 6.54 Å². The highest BCUT2D eigenvalue weighted by Crippen LogP contribution is 2.19. The molecule has 2 N–H and O–H groups in total. The smallest absolute Gasteiger partial charge is 0.251 e. The van der Waals surface area contributed by atoms with Gasteiger partial charge in [-0.2, -0.15) is 0 Å². The van der Waals surface area contributed by atoms with Gasteiger partial charge in [0.05, 0.1) is 0 Å². The van der Waals surface area contributed by atoms with Crippen LogP contribution in [-0.2, 0) is 6.42 Å². The Balaban J connectivity index is 1.82. The summed E-state index contributed by atoms with van der Waals surface area (Å²) in [6.45, 7) is 2.37. The average molecular weight is 269 g/mol. The molecule has 0 aliphatic heterocycles. The predicted octanol–water partition coefficient (Wildman–Crippen LogP) is 3.06. The fourth-order valence-corrected chi connectivity index (χ4v) is 2.10. The van der Waals surface area contributed by atoms with Gasteiger partial charge in [0.1, 0.15) is 5.75 Å². The van der Waals surface area contributed by atoms with Crippen molar-refractivity contribution in [3.63, 3.8) is 0 Å². The average Bonchev–Trinajstić information content (AvgIpc) is 2.47. The summed E-state index contributed by atoms with van der Waals surface area (Å²) in [7, 11) is 0. The molecular weight excluding hydrogens is 250 g/mol. The molecule has 0 bridgehead atoms. The van der Waals surface area contributed by atoms with E-state index < -0.39 is 0 Å². The van der Waals surface area contributed by atoms with Crippen molar-refractivity contribution >= 4 is 5.91 Å². The molecule has 0 fully saturated rings. The number of nitrogens with one attached hydrogen (secondary N) is 1. The quantitative estimate of drug-likeness (QED) is 0.820. The molecule has 3 nitrogen and oxygen atoms in total. The zero-order chi connectivity index (χ0) is 14.4. The van der Waals surface area contributed by atoms with Crippen molar-refractivity contribution in [3.8, 4) is 5.75 Å². The van der Waals surface area contributed by atoms with Crippen LogP contribution in [0.3, 0.4) is 0 Å². The molecule has 2 aromatic carbocycles. The minimum atomic E-state index is -0.133. The Labute approximate surface area is 119 Å². The topological polar surface area (TPSA) is 49.3 Å². The summed E-state index contributed by atoms with van der Waals surface area (Å²) in [5.41, 5.74) is 2.42. The molecule has 20 heavy (non-hydrogen) atoms. The molecule has 2 aromatic rings. The number of phenolic OH excluding ortho intramolecular Hbond substituents is 1. The van der Waals surface area contributed by atoms with E-state index in [2.05, 4.69) is 17.4 Å². The second-order valence-electron chi connectivity index (χ2n) is 4.79. The first kappa shape index (κ1) is 14.1. The van der Waals surface area contributed by atoms with Crippen molar-refractivity contribution in [1.29, 1.82) is 0 Å². The predicted molar refractivity (Wildman–Crippen MR) is 79.9 cm³/mol. The zero-order valence-corrected chi connectivity index (χ0v) is 11.6. The second kappa shape index (κ2) is 6.75. The zero-order valence-electron chi connectivity index (χ0n) is 11.6. The highest BCUT2D eigenvalue weighted by molar-refractivity contribution is 5.96. The third-order valence-corrected chi connectivity index (χ3v) is 3.32. The number of hydrogen-bond donors (Lipinski definition) is 2. The molecular formula is C17H19NO2. The Morgan fingerprint density at radius 3 is 2.60 bits per heavy atom. The highest BCUT2D eigenvalue weighted by atomic mass is 16.3. The van der Waals surface area contributed by atoms with Crippen molar-refractivity contribution in [2.24, 2.45) is 0 Å². The van der Waals surface area contributed by atoms with Gasteiger partial charge in [0.2, 0.25) is 0 Å². The van der Waals surface area contributed by atoms with E-state index in [4.69, 9.17) is 0 Å². The minimum absolute atomic E-state index is 0.133. The summed E-state index contributed by atoms with van der Waals surface area (Å²) in [5, 5.41) is 12.5.